The van der Waals surface area contributed by atoms with Crippen LogP contribution >= 0.6 is 0 Å². The number of methoxy groups -OCH3 is 1. The maximum atomic E-state index is 12.4. The summed E-state index contributed by atoms with van der Waals surface area (Å²) in [6.45, 7) is 4.01. The van der Waals surface area contributed by atoms with Crippen LogP contribution in [-0.2, 0) is 28.7 Å². The fraction of sp³-hybridized carbons (Fsp3) is 0.778. The maximum Gasteiger partial charge on any atom is 0.306 e. The van der Waals surface area contributed by atoms with E-state index in [1.54, 1.807) is 16.9 Å². The monoisotopic (exact) mass is 370 g/mol. The Bertz CT molecular complexity index is 488. The Balaban J connectivity index is 2.35. The number of esters is 1. The molecule has 1 rings (SSSR count). The van der Waals surface area contributed by atoms with E-state index in [1.165, 1.54) is 6.92 Å². The molecule has 8 heteroatoms. The van der Waals surface area contributed by atoms with Gasteiger partial charge in [-0.25, -0.2) is 0 Å². The van der Waals surface area contributed by atoms with Gasteiger partial charge in [0.25, 0.3) is 0 Å². The van der Waals surface area contributed by atoms with Crippen molar-refractivity contribution in [2.45, 2.75) is 45.4 Å². The molecule has 148 valence electrons. The van der Waals surface area contributed by atoms with Crippen LogP contribution in [0.5, 0.6) is 0 Å². The van der Waals surface area contributed by atoms with Gasteiger partial charge >= 0.3 is 5.97 Å². The summed E-state index contributed by atoms with van der Waals surface area (Å²) in [7, 11) is 1.54. The van der Waals surface area contributed by atoms with E-state index in [9.17, 15) is 19.2 Å². The van der Waals surface area contributed by atoms with Crippen LogP contribution in [0.2, 0.25) is 0 Å². The minimum atomic E-state index is -0.455. The Hall–Kier alpha value is -1.96. The molecule has 0 radical (unpaired) electrons. The molecule has 0 spiro atoms. The molecule has 1 fully saturated rings. The Morgan fingerprint density at radius 1 is 0.923 bits per heavy atom. The van der Waals surface area contributed by atoms with Gasteiger partial charge in [-0.2, -0.15) is 0 Å². The summed E-state index contributed by atoms with van der Waals surface area (Å²) in [4.78, 5) is 50.1. The van der Waals surface area contributed by atoms with E-state index in [2.05, 4.69) is 0 Å². The van der Waals surface area contributed by atoms with E-state index >= 15 is 0 Å². The zero-order valence-corrected chi connectivity index (χ0v) is 15.8. The van der Waals surface area contributed by atoms with Gasteiger partial charge in [-0.05, 0) is 19.8 Å². The molecular weight excluding hydrogens is 340 g/mol. The van der Waals surface area contributed by atoms with E-state index in [4.69, 9.17) is 9.47 Å². The van der Waals surface area contributed by atoms with Gasteiger partial charge in [0.05, 0.1) is 19.6 Å². The number of rotatable bonds is 12. The van der Waals surface area contributed by atoms with Crippen molar-refractivity contribution < 1.29 is 28.7 Å². The van der Waals surface area contributed by atoms with Gasteiger partial charge in [0.2, 0.25) is 11.8 Å². The Morgan fingerprint density at radius 2 is 1.58 bits per heavy atom. The van der Waals surface area contributed by atoms with Gasteiger partial charge in [-0.3, -0.25) is 14.4 Å². The van der Waals surface area contributed by atoms with Crippen molar-refractivity contribution in [3.8, 4) is 0 Å². The first-order valence-electron chi connectivity index (χ1n) is 9.13. The standard InChI is InChI=1S/C18H30N2O6/c1-15(21)5-8-18(24)26-14-12-20(11-13-25-2)17(23)7-6-16(22)19-9-3-4-10-19/h3-14H2,1-2H3. The van der Waals surface area contributed by atoms with Crippen LogP contribution in [-0.4, -0.2) is 79.9 Å². The van der Waals surface area contributed by atoms with Crippen molar-refractivity contribution in [3.63, 3.8) is 0 Å². The fourth-order valence-corrected chi connectivity index (χ4v) is 2.68. The van der Waals surface area contributed by atoms with Crippen molar-refractivity contribution in [2.75, 3.05) is 46.5 Å². The zero-order chi connectivity index (χ0) is 19.4. The second kappa shape index (κ2) is 12.4. The number of carbonyl (C=O) groups excluding carboxylic acids is 4. The summed E-state index contributed by atoms with van der Waals surface area (Å²) >= 11 is 0. The number of carbonyl (C=O) groups is 4. The third kappa shape index (κ3) is 8.94. The Morgan fingerprint density at radius 3 is 2.19 bits per heavy atom. The number of Topliss-reactive ketones (excluding diaryl/α,β-unsaturated/α-hetero) is 1. The number of ether oxygens (including phenoxy) is 2. The highest BCUT2D eigenvalue weighted by atomic mass is 16.5. The van der Waals surface area contributed by atoms with E-state index in [0.717, 1.165) is 25.9 Å². The first-order chi connectivity index (χ1) is 12.4. The minimum absolute atomic E-state index is 0.0122. The first kappa shape index (κ1) is 22.1. The van der Waals surface area contributed by atoms with Gasteiger partial charge in [-0.1, -0.05) is 0 Å². The summed E-state index contributed by atoms with van der Waals surface area (Å²) in [6, 6.07) is 0. The van der Waals surface area contributed by atoms with Crippen molar-refractivity contribution >= 4 is 23.6 Å². The lowest BCUT2D eigenvalue weighted by molar-refractivity contribution is -0.147. The third-order valence-corrected chi connectivity index (χ3v) is 4.23. The lowest BCUT2D eigenvalue weighted by Crippen LogP contribution is -2.38. The SMILES string of the molecule is COCCN(CCOC(=O)CCC(C)=O)C(=O)CCC(=O)N1CCCC1. The number of hydrogen-bond acceptors (Lipinski definition) is 6. The van der Waals surface area contributed by atoms with E-state index < -0.39 is 5.97 Å². The molecule has 0 atom stereocenters. The van der Waals surface area contributed by atoms with Gasteiger partial charge in [-0.15, -0.1) is 0 Å². The molecule has 0 saturated carbocycles. The molecule has 0 aromatic carbocycles. The lowest BCUT2D eigenvalue weighted by Gasteiger charge is -2.23. The first-order valence-corrected chi connectivity index (χ1v) is 9.13. The molecular formula is C18H30N2O6. The van der Waals surface area contributed by atoms with Gasteiger partial charge < -0.3 is 24.1 Å². The van der Waals surface area contributed by atoms with Gasteiger partial charge in [0, 0.05) is 46.0 Å². The molecule has 1 aliphatic heterocycles. The minimum Gasteiger partial charge on any atom is -0.464 e. The molecule has 1 heterocycles. The number of nitrogens with zero attached hydrogens (tertiary/aromatic N) is 2. The van der Waals surface area contributed by atoms with Crippen LogP contribution in [0.3, 0.4) is 0 Å². The summed E-state index contributed by atoms with van der Waals surface area (Å²) in [5, 5.41) is 0. The van der Waals surface area contributed by atoms with Crippen LogP contribution in [0, 0.1) is 0 Å². The molecule has 26 heavy (non-hydrogen) atoms. The van der Waals surface area contributed by atoms with Crippen molar-refractivity contribution in [2.24, 2.45) is 0 Å². The number of likely N-dealkylation sites (tertiary alicyclic amines) is 1. The highest BCUT2D eigenvalue weighted by Gasteiger charge is 2.20. The van der Waals surface area contributed by atoms with Gasteiger partial charge in [0.15, 0.2) is 0 Å². The highest BCUT2D eigenvalue weighted by molar-refractivity contribution is 5.84. The Kier molecular flexibility index (Phi) is 10.5. The molecule has 0 N–H and O–H groups in total. The zero-order valence-electron chi connectivity index (χ0n) is 15.8. The normalized spacial score (nSPS) is 13.5. The number of amides is 2. The predicted molar refractivity (Wildman–Crippen MR) is 94.4 cm³/mol. The van der Waals surface area contributed by atoms with E-state index in [1.807, 2.05) is 0 Å². The van der Waals surface area contributed by atoms with Crippen LogP contribution in [0.25, 0.3) is 0 Å². The van der Waals surface area contributed by atoms with Crippen LogP contribution in [0.15, 0.2) is 0 Å². The Labute approximate surface area is 154 Å². The summed E-state index contributed by atoms with van der Waals surface area (Å²) in [6.07, 6.45) is 2.58. The van der Waals surface area contributed by atoms with Crippen molar-refractivity contribution in [1.29, 1.82) is 0 Å². The largest absolute Gasteiger partial charge is 0.464 e. The maximum absolute atomic E-state index is 12.4. The van der Waals surface area contributed by atoms with Crippen molar-refractivity contribution in [1.82, 2.24) is 9.80 Å². The summed E-state index contributed by atoms with van der Waals surface area (Å²) in [5.41, 5.74) is 0. The number of hydrogen-bond donors (Lipinski definition) is 0. The van der Waals surface area contributed by atoms with Crippen LogP contribution in [0.4, 0.5) is 0 Å². The second-order valence-electron chi connectivity index (χ2n) is 6.38. The molecule has 0 bridgehead atoms. The molecule has 0 unspecified atom stereocenters. The van der Waals surface area contributed by atoms with Crippen LogP contribution < -0.4 is 0 Å². The van der Waals surface area contributed by atoms with Gasteiger partial charge in [0.1, 0.15) is 12.4 Å². The topological polar surface area (TPSA) is 93.2 Å². The average Bonchev–Trinajstić information content (AvgIpc) is 3.15. The van der Waals surface area contributed by atoms with Crippen molar-refractivity contribution in [3.05, 3.63) is 0 Å². The van der Waals surface area contributed by atoms with E-state index in [0.29, 0.717) is 13.2 Å². The molecule has 0 aromatic rings. The lowest BCUT2D eigenvalue weighted by atomic mass is 10.2. The molecule has 2 amide bonds. The molecule has 8 nitrogen and oxygen atoms in total. The van der Waals surface area contributed by atoms with E-state index in [-0.39, 0.29) is 56.4 Å². The summed E-state index contributed by atoms with van der Waals surface area (Å²) < 4.78 is 10.1. The predicted octanol–water partition coefficient (Wildman–Crippen LogP) is 0.776. The van der Waals surface area contributed by atoms with Crippen LogP contribution in [0.1, 0.15) is 45.4 Å². The fourth-order valence-electron chi connectivity index (χ4n) is 2.68. The molecule has 1 aliphatic rings. The molecule has 0 aromatic heterocycles. The molecule has 0 aliphatic carbocycles. The quantitative estimate of drug-likeness (QED) is 0.471. The number of ketones is 1. The average molecular weight is 370 g/mol. The third-order valence-electron chi connectivity index (χ3n) is 4.23. The second-order valence-corrected chi connectivity index (χ2v) is 6.38. The highest BCUT2D eigenvalue weighted by Crippen LogP contribution is 2.10. The summed E-state index contributed by atoms with van der Waals surface area (Å²) in [5.74, 6) is -0.669. The molecule has 1 saturated heterocycles. The smallest absolute Gasteiger partial charge is 0.306 e.